The van der Waals surface area contributed by atoms with Crippen molar-refractivity contribution in [2.75, 3.05) is 6.54 Å². The van der Waals surface area contributed by atoms with Crippen LogP contribution in [-0.4, -0.2) is 28.3 Å². The molecule has 3 N–H and O–H groups in total. The van der Waals surface area contributed by atoms with E-state index >= 15 is 0 Å². The first kappa shape index (κ1) is 14.6. The molecule has 2 saturated carbocycles. The van der Waals surface area contributed by atoms with Gasteiger partial charge in [0.1, 0.15) is 0 Å². The summed E-state index contributed by atoms with van der Waals surface area (Å²) in [7, 11) is 0. The minimum atomic E-state index is 0.129. The van der Waals surface area contributed by atoms with E-state index in [1.54, 1.807) is 0 Å². The molecule has 1 heterocycles. The maximum atomic E-state index is 12.2. The van der Waals surface area contributed by atoms with Gasteiger partial charge in [-0.1, -0.05) is 0 Å². The Morgan fingerprint density at radius 2 is 2.24 bits per heavy atom. The minimum absolute atomic E-state index is 0.129. The standard InChI is InChI=1S/C16H26N4O/c1-11-7-12(2)20(19-11)10-16(5-6-16)9-18-15(21)13-3-4-14(17)8-13/h7,13-14H,3-6,8-10,17H2,1-2H3,(H,18,21)/t13-,14+/m1/s1. The molecule has 0 aliphatic heterocycles. The molecule has 1 aromatic heterocycles. The number of hydrogen-bond donors (Lipinski definition) is 2. The summed E-state index contributed by atoms with van der Waals surface area (Å²) < 4.78 is 2.08. The number of rotatable bonds is 5. The van der Waals surface area contributed by atoms with Crippen LogP contribution in [0.3, 0.4) is 0 Å². The highest BCUT2D eigenvalue weighted by atomic mass is 16.1. The second kappa shape index (κ2) is 5.44. The Labute approximate surface area is 126 Å². The highest BCUT2D eigenvalue weighted by Crippen LogP contribution is 2.46. The lowest BCUT2D eigenvalue weighted by molar-refractivity contribution is -0.125. The summed E-state index contributed by atoms with van der Waals surface area (Å²) in [4.78, 5) is 12.2. The van der Waals surface area contributed by atoms with Gasteiger partial charge in [-0.3, -0.25) is 9.48 Å². The quantitative estimate of drug-likeness (QED) is 0.863. The van der Waals surface area contributed by atoms with Crippen LogP contribution in [0.5, 0.6) is 0 Å². The zero-order valence-corrected chi connectivity index (χ0v) is 13.1. The van der Waals surface area contributed by atoms with E-state index in [0.717, 1.165) is 38.0 Å². The van der Waals surface area contributed by atoms with Crippen molar-refractivity contribution in [3.05, 3.63) is 17.5 Å². The van der Waals surface area contributed by atoms with Gasteiger partial charge >= 0.3 is 0 Å². The number of carbonyl (C=O) groups is 1. The highest BCUT2D eigenvalue weighted by Gasteiger charge is 2.44. The monoisotopic (exact) mass is 290 g/mol. The predicted octanol–water partition coefficient (Wildman–Crippen LogP) is 1.52. The molecule has 0 unspecified atom stereocenters. The van der Waals surface area contributed by atoms with Crippen LogP contribution in [0, 0.1) is 25.2 Å². The lowest BCUT2D eigenvalue weighted by Crippen LogP contribution is -2.36. The van der Waals surface area contributed by atoms with Crippen LogP contribution in [0.15, 0.2) is 6.07 Å². The topological polar surface area (TPSA) is 72.9 Å². The Morgan fingerprint density at radius 1 is 1.48 bits per heavy atom. The fourth-order valence-electron chi connectivity index (χ4n) is 3.39. The lowest BCUT2D eigenvalue weighted by atomic mass is 10.0. The van der Waals surface area contributed by atoms with Gasteiger partial charge in [0.05, 0.1) is 5.69 Å². The molecular formula is C16H26N4O. The molecule has 0 spiro atoms. The van der Waals surface area contributed by atoms with Crippen molar-refractivity contribution in [1.29, 1.82) is 0 Å². The van der Waals surface area contributed by atoms with Gasteiger partial charge in [0, 0.05) is 36.2 Å². The average Bonchev–Trinajstić information content (AvgIpc) is 2.93. The maximum absolute atomic E-state index is 12.2. The molecule has 5 heteroatoms. The van der Waals surface area contributed by atoms with E-state index in [0.29, 0.717) is 0 Å². The summed E-state index contributed by atoms with van der Waals surface area (Å²) in [5, 5.41) is 7.70. The van der Waals surface area contributed by atoms with Crippen molar-refractivity contribution in [3.63, 3.8) is 0 Å². The summed E-state index contributed by atoms with van der Waals surface area (Å²) in [5.74, 6) is 0.326. The SMILES string of the molecule is Cc1cc(C)n(CC2(CNC(=O)[C@@H]3CC[C@H](N)C3)CC2)n1. The molecule has 2 aliphatic carbocycles. The Morgan fingerprint density at radius 3 is 2.76 bits per heavy atom. The highest BCUT2D eigenvalue weighted by molar-refractivity contribution is 5.79. The van der Waals surface area contributed by atoms with Gasteiger partial charge in [0.25, 0.3) is 0 Å². The van der Waals surface area contributed by atoms with Crippen LogP contribution in [0.4, 0.5) is 0 Å². The lowest BCUT2D eigenvalue weighted by Gasteiger charge is -2.19. The van der Waals surface area contributed by atoms with Crippen LogP contribution >= 0.6 is 0 Å². The zero-order valence-electron chi connectivity index (χ0n) is 13.1. The molecule has 0 radical (unpaired) electrons. The number of nitrogens with one attached hydrogen (secondary N) is 1. The largest absolute Gasteiger partial charge is 0.355 e. The molecule has 0 aromatic carbocycles. The van der Waals surface area contributed by atoms with Gasteiger partial charge in [-0.2, -0.15) is 5.10 Å². The van der Waals surface area contributed by atoms with Crippen LogP contribution in [0.1, 0.15) is 43.5 Å². The Kier molecular flexibility index (Phi) is 3.78. The molecule has 3 rings (SSSR count). The first-order chi connectivity index (χ1) is 9.97. The van der Waals surface area contributed by atoms with E-state index in [4.69, 9.17) is 5.73 Å². The molecule has 2 atom stereocenters. The minimum Gasteiger partial charge on any atom is -0.355 e. The van der Waals surface area contributed by atoms with E-state index in [1.165, 1.54) is 18.5 Å². The molecule has 2 fully saturated rings. The number of nitrogens with two attached hydrogens (primary N) is 1. The van der Waals surface area contributed by atoms with Gasteiger partial charge in [-0.15, -0.1) is 0 Å². The average molecular weight is 290 g/mol. The molecule has 0 saturated heterocycles. The third-order valence-electron chi connectivity index (χ3n) is 5.03. The number of aromatic nitrogens is 2. The summed E-state index contributed by atoms with van der Waals surface area (Å²) in [6.07, 6.45) is 5.12. The van der Waals surface area contributed by atoms with Crippen LogP contribution in [0.2, 0.25) is 0 Å². The third kappa shape index (κ3) is 3.28. The van der Waals surface area contributed by atoms with E-state index < -0.39 is 0 Å². The van der Waals surface area contributed by atoms with Crippen molar-refractivity contribution in [3.8, 4) is 0 Å². The van der Waals surface area contributed by atoms with Crippen LogP contribution in [-0.2, 0) is 11.3 Å². The Bertz CT molecular complexity index is 532. The smallest absolute Gasteiger partial charge is 0.223 e. The third-order valence-corrected chi connectivity index (χ3v) is 5.03. The Hall–Kier alpha value is -1.36. The van der Waals surface area contributed by atoms with E-state index in [-0.39, 0.29) is 23.3 Å². The molecule has 21 heavy (non-hydrogen) atoms. The first-order valence-corrected chi connectivity index (χ1v) is 8.02. The number of carbonyl (C=O) groups excluding carboxylic acids is 1. The molecule has 1 amide bonds. The van der Waals surface area contributed by atoms with Gasteiger partial charge in [-0.05, 0) is 52.0 Å². The van der Waals surface area contributed by atoms with Crippen molar-refractivity contribution in [2.45, 2.75) is 58.5 Å². The summed E-state index contributed by atoms with van der Waals surface area (Å²) in [5.41, 5.74) is 8.37. The normalized spacial score (nSPS) is 26.8. The first-order valence-electron chi connectivity index (χ1n) is 8.02. The maximum Gasteiger partial charge on any atom is 0.223 e. The number of hydrogen-bond acceptors (Lipinski definition) is 3. The summed E-state index contributed by atoms with van der Waals surface area (Å²) in [6, 6.07) is 2.32. The van der Waals surface area contributed by atoms with Gasteiger partial charge in [0.2, 0.25) is 5.91 Å². The summed E-state index contributed by atoms with van der Waals surface area (Å²) >= 11 is 0. The van der Waals surface area contributed by atoms with Crippen molar-refractivity contribution in [2.24, 2.45) is 17.1 Å². The van der Waals surface area contributed by atoms with Gasteiger partial charge in [0.15, 0.2) is 0 Å². The number of nitrogens with zero attached hydrogens (tertiary/aromatic N) is 2. The number of aryl methyl sites for hydroxylation is 2. The summed E-state index contributed by atoms with van der Waals surface area (Å²) in [6.45, 7) is 5.80. The van der Waals surface area contributed by atoms with Crippen molar-refractivity contribution < 1.29 is 4.79 Å². The fraction of sp³-hybridized carbons (Fsp3) is 0.750. The predicted molar refractivity (Wildman–Crippen MR) is 81.7 cm³/mol. The van der Waals surface area contributed by atoms with Gasteiger partial charge < -0.3 is 11.1 Å². The van der Waals surface area contributed by atoms with Crippen molar-refractivity contribution in [1.82, 2.24) is 15.1 Å². The van der Waals surface area contributed by atoms with E-state index in [2.05, 4.69) is 28.1 Å². The van der Waals surface area contributed by atoms with Crippen LogP contribution < -0.4 is 11.1 Å². The molecular weight excluding hydrogens is 264 g/mol. The molecule has 5 nitrogen and oxygen atoms in total. The molecule has 1 aromatic rings. The second-order valence-electron chi connectivity index (χ2n) is 7.07. The Balaban J connectivity index is 1.53. The molecule has 2 aliphatic rings. The van der Waals surface area contributed by atoms with E-state index in [1.807, 2.05) is 6.92 Å². The fourth-order valence-corrected chi connectivity index (χ4v) is 3.39. The van der Waals surface area contributed by atoms with Crippen molar-refractivity contribution >= 4 is 5.91 Å². The molecule has 0 bridgehead atoms. The van der Waals surface area contributed by atoms with E-state index in [9.17, 15) is 4.79 Å². The second-order valence-corrected chi connectivity index (χ2v) is 7.07. The number of amides is 1. The zero-order chi connectivity index (χ0) is 15.0. The molecule has 116 valence electrons. The van der Waals surface area contributed by atoms with Gasteiger partial charge in [-0.25, -0.2) is 0 Å². The van der Waals surface area contributed by atoms with Crippen LogP contribution in [0.25, 0.3) is 0 Å².